The Morgan fingerprint density at radius 3 is 1.72 bits per heavy atom. The maximum absolute atomic E-state index is 15.0. The summed E-state index contributed by atoms with van der Waals surface area (Å²) in [4.78, 5) is 39.5. The van der Waals surface area contributed by atoms with Crippen LogP contribution in [-0.2, 0) is 0 Å². The van der Waals surface area contributed by atoms with Gasteiger partial charge in [-0.25, -0.2) is 52.7 Å². The number of hydrogen-bond acceptors (Lipinski definition) is 20. The number of ether oxygens (including phenoxy) is 4. The second-order valence-electron chi connectivity index (χ2n) is 19.9. The van der Waals surface area contributed by atoms with Crippen molar-refractivity contribution in [3.05, 3.63) is 121 Å². The molecule has 7 heterocycles. The number of benzene rings is 4. The molecule has 9 aromatic rings. The van der Waals surface area contributed by atoms with Gasteiger partial charge in [0.1, 0.15) is 84.4 Å². The number of rotatable bonds is 14. The molecule has 2 saturated heterocycles. The standard InChI is InChI=1S/C27H28FN9O2.C17H24FN5O.C12H11N5O.CH4/c1-16-9-17(5-7-21(16)39-24-10-23-30-14-33-37(23)15-32-24)34-27-25-19(29-13-31-27)6-8-22(38-4)26(25)36-11-18(28)20(12-36)35(2)3;1-21(2)11-20-14-6-7-16(24-5)17(12(14)8-19)23-9-13(18)15(10-23)22(3)4;1-8-4-9(13)2-3-10(8)18-12-5-11-14-6-16-17(11)7-15-12;/h5-10,13-15,18,20H,11-12H2,1-4H3,(H,29,31,34);6-7,11,13,15H,9-10H2,1-5H3;2-7H,13H2,1H3;1H4/t18-,20+;13-,15+;;/m00../s1. The number of fused-ring (bicyclic) bond motifs is 3. The Morgan fingerprint density at radius 1 is 0.659 bits per heavy atom. The van der Waals surface area contributed by atoms with Gasteiger partial charge in [-0.2, -0.15) is 15.5 Å². The summed E-state index contributed by atoms with van der Waals surface area (Å²) >= 11 is 0. The SMILES string of the molecule is C.COc1ccc(N=CN(C)C)c(C#N)c1N1C[C@@H](N(C)C)[C@@H](F)C1.COc1ccc2ncnc(Nc3ccc(Oc4cc5ncnn5cn4)c(C)c3)c2c1N1C[C@@H](N(C)C)[C@@H](F)C1.Cc1cc(N)ccc1Oc1cc2ncnn2cn1. The van der Waals surface area contributed by atoms with E-state index < -0.39 is 12.3 Å². The van der Waals surface area contributed by atoms with E-state index in [1.54, 1.807) is 77.5 Å². The van der Waals surface area contributed by atoms with Crippen LogP contribution < -0.4 is 39.8 Å². The van der Waals surface area contributed by atoms with Crippen molar-refractivity contribution in [1.29, 1.82) is 5.26 Å². The van der Waals surface area contributed by atoms with Crippen molar-refractivity contribution in [1.82, 2.24) is 63.8 Å². The predicted molar refractivity (Wildman–Crippen MR) is 313 cm³/mol. The average Bonchev–Trinajstić information content (AvgIpc) is 3.59. The third-order valence-electron chi connectivity index (χ3n) is 13.6. The number of aromatic nitrogens is 10. The molecule has 0 unspecified atom stereocenters. The van der Waals surface area contributed by atoms with Crippen molar-refractivity contribution in [2.75, 3.05) is 104 Å². The van der Waals surface area contributed by atoms with Gasteiger partial charge in [-0.05, 0) is 114 Å². The molecule has 23 nitrogen and oxygen atoms in total. The number of hydrogen-bond donors (Lipinski definition) is 2. The summed E-state index contributed by atoms with van der Waals surface area (Å²) in [7, 11) is 14.4. The van der Waals surface area contributed by atoms with Crippen molar-refractivity contribution in [2.45, 2.75) is 45.7 Å². The molecule has 25 heteroatoms. The Morgan fingerprint density at radius 2 is 1.20 bits per heavy atom. The highest BCUT2D eigenvalue weighted by atomic mass is 19.1. The number of anilines is 5. The minimum atomic E-state index is -0.990. The molecule has 2 aliphatic heterocycles. The molecule has 0 aliphatic carbocycles. The number of nitriles is 1. The number of nitrogen functional groups attached to an aromatic ring is 1. The Bertz CT molecular complexity index is 3740. The molecule has 4 aromatic carbocycles. The Balaban J connectivity index is 0.000000175. The van der Waals surface area contributed by atoms with Crippen LogP contribution in [0.5, 0.6) is 34.8 Å². The number of alkyl halides is 2. The summed E-state index contributed by atoms with van der Waals surface area (Å²) < 4.78 is 55.3. The van der Waals surface area contributed by atoms with E-state index in [1.807, 2.05) is 118 Å². The molecular weight excluding hydrogens is 1050 g/mol. The number of halogens is 2. The van der Waals surface area contributed by atoms with E-state index in [2.05, 4.69) is 56.5 Å². The van der Waals surface area contributed by atoms with Crippen LogP contribution in [0.3, 0.4) is 0 Å². The lowest BCUT2D eigenvalue weighted by Crippen LogP contribution is -2.36. The van der Waals surface area contributed by atoms with Gasteiger partial charge in [0, 0.05) is 50.7 Å². The number of likely N-dealkylation sites (N-methyl/N-ethyl adjacent to an activating group) is 2. The normalized spacial score (nSPS) is 16.6. The Kier molecular flexibility index (Phi) is 18.4. The second-order valence-corrected chi connectivity index (χ2v) is 19.9. The van der Waals surface area contributed by atoms with E-state index in [9.17, 15) is 14.0 Å². The minimum Gasteiger partial charge on any atom is -0.495 e. The summed E-state index contributed by atoms with van der Waals surface area (Å²) in [5, 5.41) is 21.9. The highest BCUT2D eigenvalue weighted by Gasteiger charge is 2.38. The van der Waals surface area contributed by atoms with E-state index in [0.29, 0.717) is 81.8 Å². The average molecular weight is 1120 g/mol. The van der Waals surface area contributed by atoms with Crippen LogP contribution in [0.1, 0.15) is 24.1 Å². The van der Waals surface area contributed by atoms with Crippen LogP contribution in [0.4, 0.5) is 43.0 Å². The first-order valence-corrected chi connectivity index (χ1v) is 25.7. The molecule has 4 atom stereocenters. The quantitative estimate of drug-likeness (QED) is 0.0591. The lowest BCUT2D eigenvalue weighted by molar-refractivity contribution is 0.202. The van der Waals surface area contributed by atoms with Gasteiger partial charge in [0.05, 0.1) is 73.7 Å². The van der Waals surface area contributed by atoms with Crippen LogP contribution in [0.25, 0.3) is 22.2 Å². The van der Waals surface area contributed by atoms with Gasteiger partial charge >= 0.3 is 0 Å². The van der Waals surface area contributed by atoms with Crippen molar-refractivity contribution >= 4 is 62.8 Å². The fourth-order valence-electron chi connectivity index (χ4n) is 9.48. The molecule has 0 radical (unpaired) electrons. The zero-order chi connectivity index (χ0) is 57.5. The van der Waals surface area contributed by atoms with Crippen LogP contribution in [0, 0.1) is 25.2 Å². The van der Waals surface area contributed by atoms with E-state index >= 15 is 0 Å². The molecule has 2 fully saturated rings. The summed E-state index contributed by atoms with van der Waals surface area (Å²) in [6.45, 7) is 5.40. The van der Waals surface area contributed by atoms with E-state index in [0.717, 1.165) is 39.2 Å². The van der Waals surface area contributed by atoms with Crippen molar-refractivity contribution in [3.8, 4) is 40.8 Å². The summed E-state index contributed by atoms with van der Waals surface area (Å²) in [6, 6.07) is 23.7. The molecule has 11 rings (SSSR count). The van der Waals surface area contributed by atoms with Gasteiger partial charge in [-0.15, -0.1) is 0 Å². The van der Waals surface area contributed by atoms with Crippen LogP contribution in [0.2, 0.25) is 0 Å². The minimum absolute atomic E-state index is 0. The topological polar surface area (TPSA) is 239 Å². The van der Waals surface area contributed by atoms with E-state index in [4.69, 9.17) is 24.7 Å². The van der Waals surface area contributed by atoms with Crippen molar-refractivity contribution < 1.29 is 27.7 Å². The lowest BCUT2D eigenvalue weighted by atomic mass is 10.1. The smallest absolute Gasteiger partial charge is 0.224 e. The maximum atomic E-state index is 15.0. The molecule has 0 bridgehead atoms. The van der Waals surface area contributed by atoms with Crippen molar-refractivity contribution in [3.63, 3.8) is 0 Å². The first-order valence-electron chi connectivity index (χ1n) is 25.7. The van der Waals surface area contributed by atoms with Gasteiger partial charge in [0.2, 0.25) is 11.8 Å². The number of aliphatic imine (C=N–C) groups is 1. The number of nitrogens with zero attached hydrogens (tertiary/aromatic N) is 17. The van der Waals surface area contributed by atoms with Gasteiger partial charge in [-0.1, -0.05) is 7.43 Å². The zero-order valence-electron chi connectivity index (χ0n) is 46.6. The van der Waals surface area contributed by atoms with Crippen LogP contribution in [0.15, 0.2) is 109 Å². The highest BCUT2D eigenvalue weighted by molar-refractivity contribution is 6.03. The molecule has 0 spiro atoms. The van der Waals surface area contributed by atoms with Gasteiger partial charge < -0.3 is 54.5 Å². The molecule has 3 N–H and O–H groups in total. The predicted octanol–water partition coefficient (Wildman–Crippen LogP) is 8.33. The molecular formula is C57H67F2N19O4. The molecule has 428 valence electrons. The summed E-state index contributed by atoms with van der Waals surface area (Å²) in [6.07, 6.45) is 7.23. The number of nitrogens with one attached hydrogen (secondary N) is 1. The maximum Gasteiger partial charge on any atom is 0.224 e. The molecule has 0 amide bonds. The lowest BCUT2D eigenvalue weighted by Gasteiger charge is -2.25. The van der Waals surface area contributed by atoms with Gasteiger partial charge in [0.15, 0.2) is 11.3 Å². The molecule has 2 aliphatic rings. The Labute approximate surface area is 474 Å². The fraction of sp³-hybridized carbons (Fsp3) is 0.333. The van der Waals surface area contributed by atoms with Crippen LogP contribution >= 0.6 is 0 Å². The van der Waals surface area contributed by atoms with E-state index in [1.165, 1.54) is 19.0 Å². The number of aryl methyl sites for hydroxylation is 2. The highest BCUT2D eigenvalue weighted by Crippen LogP contribution is 2.43. The molecule has 5 aromatic heterocycles. The molecule has 0 saturated carbocycles. The first kappa shape index (κ1) is 58.6. The van der Waals surface area contributed by atoms with Gasteiger partial charge in [0.25, 0.3) is 0 Å². The third kappa shape index (κ3) is 13.0. The van der Waals surface area contributed by atoms with Gasteiger partial charge in [-0.3, -0.25) is 0 Å². The second kappa shape index (κ2) is 25.7. The Hall–Kier alpha value is -9.54. The van der Waals surface area contributed by atoms with E-state index in [-0.39, 0.29) is 32.6 Å². The fourth-order valence-corrected chi connectivity index (χ4v) is 9.48. The summed E-state index contributed by atoms with van der Waals surface area (Å²) in [5.74, 6) is 4.08. The largest absolute Gasteiger partial charge is 0.495 e. The first-order chi connectivity index (χ1) is 39.0. The number of nitrogens with two attached hydrogens (primary N) is 1. The van der Waals surface area contributed by atoms with Crippen molar-refractivity contribution in [2.24, 2.45) is 4.99 Å². The summed E-state index contributed by atoms with van der Waals surface area (Å²) in [5.41, 5.74) is 13.5. The number of methoxy groups -OCH3 is 2. The monoisotopic (exact) mass is 1120 g/mol. The molecule has 82 heavy (non-hydrogen) atoms. The van der Waals surface area contributed by atoms with Crippen LogP contribution in [-0.4, -0.2) is 177 Å². The third-order valence-corrected chi connectivity index (χ3v) is 13.6. The zero-order valence-corrected chi connectivity index (χ0v) is 46.6.